The summed E-state index contributed by atoms with van der Waals surface area (Å²) in [6.45, 7) is -0.297. The fourth-order valence-electron chi connectivity index (χ4n) is 3.79. The number of alkyl halides is 3. The first kappa shape index (κ1) is 24.6. The molecule has 1 unspecified atom stereocenters. The molecule has 1 heterocycles. The lowest BCUT2D eigenvalue weighted by molar-refractivity contribution is -0.137. The lowest BCUT2D eigenvalue weighted by atomic mass is 10.0. The van der Waals surface area contributed by atoms with Crippen molar-refractivity contribution in [1.29, 1.82) is 0 Å². The number of anilines is 1. The van der Waals surface area contributed by atoms with Crippen molar-refractivity contribution in [2.24, 2.45) is 0 Å². The number of ether oxygens (including phenoxy) is 1. The van der Waals surface area contributed by atoms with Gasteiger partial charge in [0.2, 0.25) is 0 Å². The van der Waals surface area contributed by atoms with Crippen LogP contribution in [0.3, 0.4) is 0 Å². The summed E-state index contributed by atoms with van der Waals surface area (Å²) in [6, 6.07) is 10.2. The maximum Gasteiger partial charge on any atom is 0.416 e. The number of aldehydes is 1. The summed E-state index contributed by atoms with van der Waals surface area (Å²) >= 11 is 0. The molecule has 0 saturated heterocycles. The highest BCUT2D eigenvalue weighted by atomic mass is 32.2. The average molecular weight is 511 g/mol. The van der Waals surface area contributed by atoms with E-state index in [0.717, 1.165) is 40.7 Å². The van der Waals surface area contributed by atoms with Crippen LogP contribution >= 0.6 is 0 Å². The van der Waals surface area contributed by atoms with Crippen molar-refractivity contribution in [3.05, 3.63) is 77.9 Å². The second-order valence-corrected chi connectivity index (χ2v) is 9.71. The zero-order chi connectivity index (χ0) is 25.4. The van der Waals surface area contributed by atoms with Crippen LogP contribution < -0.4 is 9.04 Å². The molecule has 35 heavy (non-hydrogen) atoms. The second-order valence-electron chi connectivity index (χ2n) is 7.85. The van der Waals surface area contributed by atoms with E-state index in [9.17, 15) is 35.2 Å². The van der Waals surface area contributed by atoms with Crippen molar-refractivity contribution >= 4 is 22.0 Å². The molecule has 3 aromatic carbocycles. The van der Waals surface area contributed by atoms with E-state index in [0.29, 0.717) is 12.4 Å². The van der Waals surface area contributed by atoms with E-state index >= 15 is 0 Å². The van der Waals surface area contributed by atoms with Crippen molar-refractivity contribution in [3.8, 4) is 16.9 Å². The van der Waals surface area contributed by atoms with Crippen LogP contribution in [0, 0.1) is 11.6 Å². The molecule has 1 atom stereocenters. The van der Waals surface area contributed by atoms with E-state index in [1.165, 1.54) is 18.2 Å². The number of sulfonamides is 1. The van der Waals surface area contributed by atoms with Gasteiger partial charge in [-0.25, -0.2) is 17.2 Å². The van der Waals surface area contributed by atoms with E-state index in [4.69, 9.17) is 4.74 Å². The van der Waals surface area contributed by atoms with Gasteiger partial charge in [-0.2, -0.15) is 13.2 Å². The lowest BCUT2D eigenvalue weighted by Crippen LogP contribution is -2.43. The smallest absolute Gasteiger partial charge is 0.416 e. The molecule has 1 aliphatic heterocycles. The summed E-state index contributed by atoms with van der Waals surface area (Å²) in [7, 11) is -4.54. The number of carbonyl (C=O) groups is 1. The molecule has 3 aromatic rings. The molecule has 0 N–H and O–H groups in total. The minimum Gasteiger partial charge on any atom is -0.486 e. The van der Waals surface area contributed by atoms with Crippen LogP contribution in [0.25, 0.3) is 11.1 Å². The topological polar surface area (TPSA) is 63.7 Å². The van der Waals surface area contributed by atoms with Crippen molar-refractivity contribution < 1.29 is 39.9 Å². The molecule has 0 bridgehead atoms. The van der Waals surface area contributed by atoms with Gasteiger partial charge in [-0.1, -0.05) is 12.1 Å². The summed E-state index contributed by atoms with van der Waals surface area (Å²) in [5, 5.41) is 0. The highest BCUT2D eigenvalue weighted by molar-refractivity contribution is 7.92. The highest BCUT2D eigenvalue weighted by Crippen LogP contribution is 2.41. The minimum atomic E-state index is -4.76. The van der Waals surface area contributed by atoms with Gasteiger partial charge in [0.1, 0.15) is 29.8 Å². The van der Waals surface area contributed by atoms with Crippen LogP contribution in [0.4, 0.5) is 27.6 Å². The summed E-state index contributed by atoms with van der Waals surface area (Å²) < 4.78 is 101. The van der Waals surface area contributed by atoms with E-state index in [2.05, 4.69) is 0 Å². The van der Waals surface area contributed by atoms with Gasteiger partial charge in [0.05, 0.1) is 22.7 Å². The van der Waals surface area contributed by atoms with Crippen molar-refractivity contribution in [2.45, 2.75) is 30.0 Å². The number of halogens is 5. The van der Waals surface area contributed by atoms with Gasteiger partial charge in [-0.05, 0) is 60.5 Å². The molecule has 0 aromatic heterocycles. The lowest BCUT2D eigenvalue weighted by Gasteiger charge is -2.35. The maximum atomic E-state index is 14.4. The summed E-state index contributed by atoms with van der Waals surface area (Å²) in [5.41, 5.74) is -1.18. The number of hydrogen-bond acceptors (Lipinski definition) is 4. The third-order valence-corrected chi connectivity index (χ3v) is 7.26. The Morgan fingerprint density at radius 2 is 1.80 bits per heavy atom. The SMILES string of the molecule is O=CCCC1CN(S(=O)(=O)c2cccc(C(F)(F)F)c2)c2cc(-c3cc(F)ccc3F)ccc2O1. The molecule has 0 spiro atoms. The summed E-state index contributed by atoms with van der Waals surface area (Å²) in [5.74, 6) is -1.39. The second kappa shape index (κ2) is 9.29. The van der Waals surface area contributed by atoms with Crippen molar-refractivity contribution in [3.63, 3.8) is 0 Å². The molecule has 4 rings (SSSR count). The Balaban J connectivity index is 1.84. The van der Waals surface area contributed by atoms with Crippen molar-refractivity contribution in [2.75, 3.05) is 10.8 Å². The predicted molar refractivity (Wildman–Crippen MR) is 117 cm³/mol. The third kappa shape index (κ3) is 5.00. The largest absolute Gasteiger partial charge is 0.486 e. The zero-order valence-electron chi connectivity index (χ0n) is 17.9. The van der Waals surface area contributed by atoms with E-state index < -0.39 is 44.4 Å². The molecule has 5 nitrogen and oxygen atoms in total. The van der Waals surface area contributed by atoms with Crippen molar-refractivity contribution in [1.82, 2.24) is 0 Å². The zero-order valence-corrected chi connectivity index (χ0v) is 18.7. The molecule has 0 fully saturated rings. The fraction of sp³-hybridized carbons (Fsp3) is 0.208. The van der Waals surface area contributed by atoms with E-state index in [1.54, 1.807) is 0 Å². The van der Waals surface area contributed by atoms with E-state index in [-0.39, 0.29) is 42.0 Å². The van der Waals surface area contributed by atoms with Crippen LogP contribution in [0.15, 0.2) is 65.6 Å². The number of nitrogens with zero attached hydrogens (tertiary/aromatic N) is 1. The first-order chi connectivity index (χ1) is 16.5. The number of benzene rings is 3. The molecule has 184 valence electrons. The van der Waals surface area contributed by atoms with Gasteiger partial charge in [0.25, 0.3) is 10.0 Å². The monoisotopic (exact) mass is 511 g/mol. The Hall–Kier alpha value is -3.47. The standard InChI is InChI=1S/C24H18F5NO4S/c25-17-7-8-21(26)20(13-17)15-6-9-23-22(11-15)30(14-18(34-23)4-2-10-31)35(32,33)19-5-1-3-16(12-19)24(27,28)29/h1,3,5-13,18H,2,4,14H2. The Kier molecular flexibility index (Phi) is 6.54. The highest BCUT2D eigenvalue weighted by Gasteiger charge is 2.37. The van der Waals surface area contributed by atoms with Gasteiger partial charge in [-0.3, -0.25) is 4.31 Å². The number of carbonyl (C=O) groups excluding carboxylic acids is 1. The fourth-order valence-corrected chi connectivity index (χ4v) is 5.34. The van der Waals surface area contributed by atoms with Crippen LogP contribution in [0.5, 0.6) is 5.75 Å². The third-order valence-electron chi connectivity index (χ3n) is 5.49. The van der Waals surface area contributed by atoms with Crippen LogP contribution in [-0.2, 0) is 21.0 Å². The first-order valence-corrected chi connectivity index (χ1v) is 11.8. The van der Waals surface area contributed by atoms with Gasteiger partial charge in [0.15, 0.2) is 0 Å². The van der Waals surface area contributed by atoms with Gasteiger partial charge in [-0.15, -0.1) is 0 Å². The Labute approximate surface area is 197 Å². The quantitative estimate of drug-likeness (QED) is 0.320. The molecule has 0 radical (unpaired) electrons. The Morgan fingerprint density at radius 1 is 1.03 bits per heavy atom. The number of rotatable bonds is 6. The predicted octanol–water partition coefficient (Wildman–Crippen LogP) is 5.59. The minimum absolute atomic E-state index is 0.0501. The summed E-state index contributed by atoms with van der Waals surface area (Å²) in [6.07, 6.45) is -4.64. The van der Waals surface area contributed by atoms with E-state index in [1.807, 2.05) is 0 Å². The first-order valence-electron chi connectivity index (χ1n) is 10.4. The Morgan fingerprint density at radius 3 is 2.51 bits per heavy atom. The number of hydrogen-bond donors (Lipinski definition) is 0. The molecule has 0 saturated carbocycles. The van der Waals surface area contributed by atoms with Gasteiger partial charge in [0, 0.05) is 12.0 Å². The van der Waals surface area contributed by atoms with Crippen LogP contribution in [0.1, 0.15) is 18.4 Å². The normalized spacial score (nSPS) is 15.9. The molecular formula is C24H18F5NO4S. The molecule has 1 aliphatic rings. The maximum absolute atomic E-state index is 14.4. The molecular weight excluding hydrogens is 493 g/mol. The summed E-state index contributed by atoms with van der Waals surface area (Å²) in [4.78, 5) is 10.2. The number of fused-ring (bicyclic) bond motifs is 1. The van der Waals surface area contributed by atoms with Crippen LogP contribution in [0.2, 0.25) is 0 Å². The Bertz CT molecular complexity index is 1370. The van der Waals surface area contributed by atoms with Crippen LogP contribution in [-0.4, -0.2) is 27.4 Å². The molecule has 11 heteroatoms. The van der Waals surface area contributed by atoms with Gasteiger partial charge < -0.3 is 9.53 Å². The average Bonchev–Trinajstić information content (AvgIpc) is 2.83. The molecule has 0 aliphatic carbocycles. The van der Waals surface area contributed by atoms with Gasteiger partial charge >= 0.3 is 6.18 Å². The molecule has 0 amide bonds.